The van der Waals surface area contributed by atoms with Crippen LogP contribution in [0.4, 0.5) is 10.1 Å². The molecule has 2 aromatic carbocycles. The number of carbonyl (C=O) groups excluding carboxylic acids is 1. The van der Waals surface area contributed by atoms with Gasteiger partial charge in [-0.25, -0.2) is 9.37 Å². The summed E-state index contributed by atoms with van der Waals surface area (Å²) in [6, 6.07) is 14.8. The van der Waals surface area contributed by atoms with Crippen LogP contribution in [0.5, 0.6) is 0 Å². The topological polar surface area (TPSA) is 73.9 Å². The molecule has 1 aliphatic rings. The molecule has 1 unspecified atom stereocenters. The molecule has 0 bridgehead atoms. The lowest BCUT2D eigenvalue weighted by atomic mass is 9.95. The van der Waals surface area contributed by atoms with E-state index in [0.717, 1.165) is 13.0 Å². The van der Waals surface area contributed by atoms with Gasteiger partial charge in [-0.1, -0.05) is 30.3 Å². The molecule has 1 saturated heterocycles. The Labute approximate surface area is 169 Å². The molecular weight excluding hydrogens is 369 g/mol. The third kappa shape index (κ3) is 4.19. The first kappa shape index (κ1) is 19.3. The van der Waals surface area contributed by atoms with E-state index >= 15 is 0 Å². The van der Waals surface area contributed by atoms with E-state index in [9.17, 15) is 9.18 Å². The quantitative estimate of drug-likeness (QED) is 0.691. The molecule has 29 heavy (non-hydrogen) atoms. The van der Waals surface area contributed by atoms with Crippen molar-refractivity contribution in [1.29, 1.82) is 0 Å². The SMILES string of the molecule is CC1(C)CC(C(=O)Nc2ccc(-c3ncn[nH]3)cc2F)CN1Cc1ccccc1. The Morgan fingerprint density at radius 3 is 2.76 bits per heavy atom. The van der Waals surface area contributed by atoms with Crippen LogP contribution in [-0.2, 0) is 11.3 Å². The monoisotopic (exact) mass is 393 g/mol. The number of hydrogen-bond donors (Lipinski definition) is 2. The van der Waals surface area contributed by atoms with Gasteiger partial charge in [-0.05, 0) is 44.0 Å². The summed E-state index contributed by atoms with van der Waals surface area (Å²) in [5, 5.41) is 9.23. The van der Waals surface area contributed by atoms with Gasteiger partial charge in [0.1, 0.15) is 12.1 Å². The predicted octanol–water partition coefficient (Wildman–Crippen LogP) is 3.85. The molecule has 1 atom stereocenters. The van der Waals surface area contributed by atoms with Crippen molar-refractivity contribution in [3.63, 3.8) is 0 Å². The van der Waals surface area contributed by atoms with E-state index in [1.165, 1.54) is 18.0 Å². The molecule has 3 aromatic rings. The van der Waals surface area contributed by atoms with Gasteiger partial charge in [0.05, 0.1) is 11.6 Å². The number of nitrogens with one attached hydrogen (secondary N) is 2. The van der Waals surface area contributed by atoms with E-state index in [4.69, 9.17) is 0 Å². The zero-order valence-electron chi connectivity index (χ0n) is 16.5. The van der Waals surface area contributed by atoms with Crippen LogP contribution in [0, 0.1) is 11.7 Å². The molecular formula is C22H24FN5O. The predicted molar refractivity (Wildman–Crippen MR) is 109 cm³/mol. The number of hydrogen-bond acceptors (Lipinski definition) is 4. The van der Waals surface area contributed by atoms with Gasteiger partial charge in [0.25, 0.3) is 0 Å². The number of likely N-dealkylation sites (tertiary alicyclic amines) is 1. The Bertz CT molecular complexity index is 988. The van der Waals surface area contributed by atoms with Crippen LogP contribution in [-0.4, -0.2) is 38.1 Å². The summed E-state index contributed by atoms with van der Waals surface area (Å²) in [4.78, 5) is 19.2. The second-order valence-electron chi connectivity index (χ2n) is 8.10. The summed E-state index contributed by atoms with van der Waals surface area (Å²) in [5.74, 6) is -0.358. The second-order valence-corrected chi connectivity index (χ2v) is 8.10. The molecule has 7 heteroatoms. The highest BCUT2D eigenvalue weighted by Crippen LogP contribution is 2.35. The second kappa shape index (κ2) is 7.75. The van der Waals surface area contributed by atoms with Crippen LogP contribution in [0.25, 0.3) is 11.4 Å². The summed E-state index contributed by atoms with van der Waals surface area (Å²) in [6.07, 6.45) is 2.09. The number of carbonyl (C=O) groups is 1. The molecule has 2 heterocycles. The first-order chi connectivity index (χ1) is 13.9. The van der Waals surface area contributed by atoms with Crippen molar-refractivity contribution in [2.24, 2.45) is 5.92 Å². The normalized spacial score (nSPS) is 18.7. The highest BCUT2D eigenvalue weighted by Gasteiger charge is 2.41. The zero-order valence-corrected chi connectivity index (χ0v) is 16.5. The summed E-state index contributed by atoms with van der Waals surface area (Å²) in [6.45, 7) is 5.73. The fourth-order valence-electron chi connectivity index (χ4n) is 3.91. The van der Waals surface area contributed by atoms with Gasteiger partial charge in [-0.3, -0.25) is 14.8 Å². The first-order valence-corrected chi connectivity index (χ1v) is 9.67. The average molecular weight is 393 g/mol. The third-order valence-electron chi connectivity index (χ3n) is 5.55. The number of rotatable bonds is 5. The number of aromatic nitrogens is 3. The van der Waals surface area contributed by atoms with Crippen molar-refractivity contribution in [3.8, 4) is 11.4 Å². The Balaban J connectivity index is 1.43. The number of H-pyrrole nitrogens is 1. The molecule has 2 N–H and O–H groups in total. The summed E-state index contributed by atoms with van der Waals surface area (Å²) in [7, 11) is 0. The number of halogens is 1. The largest absolute Gasteiger partial charge is 0.323 e. The van der Waals surface area contributed by atoms with Crippen molar-refractivity contribution in [2.75, 3.05) is 11.9 Å². The molecule has 6 nitrogen and oxygen atoms in total. The molecule has 0 aliphatic carbocycles. The van der Waals surface area contributed by atoms with Crippen LogP contribution in [0.15, 0.2) is 54.9 Å². The molecule has 1 amide bonds. The average Bonchev–Trinajstić information content (AvgIpc) is 3.33. The van der Waals surface area contributed by atoms with Crippen molar-refractivity contribution >= 4 is 11.6 Å². The maximum absolute atomic E-state index is 14.5. The van der Waals surface area contributed by atoms with E-state index < -0.39 is 5.82 Å². The van der Waals surface area contributed by atoms with Crippen LogP contribution in [0.1, 0.15) is 25.8 Å². The van der Waals surface area contributed by atoms with Crippen molar-refractivity contribution in [2.45, 2.75) is 32.4 Å². The van der Waals surface area contributed by atoms with Crippen LogP contribution < -0.4 is 5.32 Å². The van der Waals surface area contributed by atoms with E-state index in [-0.39, 0.29) is 23.1 Å². The van der Waals surface area contributed by atoms with Crippen LogP contribution in [0.2, 0.25) is 0 Å². The molecule has 0 spiro atoms. The maximum atomic E-state index is 14.5. The minimum Gasteiger partial charge on any atom is -0.323 e. The van der Waals surface area contributed by atoms with E-state index in [0.29, 0.717) is 17.9 Å². The number of aromatic amines is 1. The van der Waals surface area contributed by atoms with Gasteiger partial charge in [0, 0.05) is 24.2 Å². The fourth-order valence-corrected chi connectivity index (χ4v) is 3.91. The van der Waals surface area contributed by atoms with Gasteiger partial charge >= 0.3 is 0 Å². The van der Waals surface area contributed by atoms with Crippen molar-refractivity contribution in [1.82, 2.24) is 20.1 Å². The molecule has 1 aliphatic heterocycles. The minimum atomic E-state index is -0.495. The van der Waals surface area contributed by atoms with Crippen LogP contribution >= 0.6 is 0 Å². The first-order valence-electron chi connectivity index (χ1n) is 9.67. The van der Waals surface area contributed by atoms with Gasteiger partial charge in [0.15, 0.2) is 5.82 Å². The number of nitrogens with zero attached hydrogens (tertiary/aromatic N) is 3. The number of anilines is 1. The Kier molecular flexibility index (Phi) is 5.15. The van der Waals surface area contributed by atoms with E-state index in [1.54, 1.807) is 12.1 Å². The lowest BCUT2D eigenvalue weighted by Gasteiger charge is -2.31. The highest BCUT2D eigenvalue weighted by atomic mass is 19.1. The standard InChI is InChI=1S/C22H24FN5O/c1-22(2)11-17(13-28(22)12-15-6-4-3-5-7-15)21(29)26-19-9-8-16(10-18(19)23)20-24-14-25-27-20/h3-10,14,17H,11-13H2,1-2H3,(H,26,29)(H,24,25,27). The fraction of sp³-hybridized carbons (Fsp3) is 0.318. The number of benzene rings is 2. The summed E-state index contributed by atoms with van der Waals surface area (Å²) >= 11 is 0. The molecule has 0 saturated carbocycles. The van der Waals surface area contributed by atoms with Crippen LogP contribution in [0.3, 0.4) is 0 Å². The van der Waals surface area contributed by atoms with Gasteiger partial charge in [0.2, 0.25) is 5.91 Å². The van der Waals surface area contributed by atoms with E-state index in [1.807, 2.05) is 18.2 Å². The van der Waals surface area contributed by atoms with Crippen molar-refractivity contribution in [3.05, 3.63) is 66.2 Å². The van der Waals surface area contributed by atoms with Gasteiger partial charge in [-0.15, -0.1) is 0 Å². The third-order valence-corrected chi connectivity index (χ3v) is 5.55. The van der Waals surface area contributed by atoms with Gasteiger partial charge in [-0.2, -0.15) is 5.10 Å². The molecule has 0 radical (unpaired) electrons. The zero-order chi connectivity index (χ0) is 20.4. The molecule has 4 rings (SSSR count). The Morgan fingerprint density at radius 2 is 2.07 bits per heavy atom. The molecule has 1 aromatic heterocycles. The van der Waals surface area contributed by atoms with E-state index in [2.05, 4.69) is 51.4 Å². The Morgan fingerprint density at radius 1 is 1.28 bits per heavy atom. The highest BCUT2D eigenvalue weighted by molar-refractivity contribution is 5.93. The Hall–Kier alpha value is -3.06. The lowest BCUT2D eigenvalue weighted by molar-refractivity contribution is -0.119. The molecule has 150 valence electrons. The van der Waals surface area contributed by atoms with Crippen molar-refractivity contribution < 1.29 is 9.18 Å². The lowest BCUT2D eigenvalue weighted by Crippen LogP contribution is -2.37. The number of amides is 1. The minimum absolute atomic E-state index is 0.105. The van der Waals surface area contributed by atoms with Gasteiger partial charge < -0.3 is 5.32 Å². The maximum Gasteiger partial charge on any atom is 0.228 e. The molecule has 1 fully saturated rings. The smallest absolute Gasteiger partial charge is 0.228 e. The summed E-state index contributed by atoms with van der Waals surface area (Å²) < 4.78 is 14.5. The summed E-state index contributed by atoms with van der Waals surface area (Å²) in [5.41, 5.74) is 1.87.